The first-order valence-electron chi connectivity index (χ1n) is 6.45. The third-order valence-corrected chi connectivity index (χ3v) is 3.64. The predicted molar refractivity (Wildman–Crippen MR) is 74.6 cm³/mol. The van der Waals surface area contributed by atoms with Gasteiger partial charge in [0.15, 0.2) is 11.5 Å². The molecule has 0 saturated carbocycles. The number of ether oxygens (including phenoxy) is 2. The summed E-state index contributed by atoms with van der Waals surface area (Å²) in [6, 6.07) is 4.81. The molecule has 1 amide bonds. The van der Waals surface area contributed by atoms with Crippen LogP contribution >= 0.6 is 0 Å². The van der Waals surface area contributed by atoms with Crippen LogP contribution in [0.25, 0.3) is 0 Å². The Hall–Kier alpha value is -2.28. The molecule has 0 aromatic heterocycles. The number of amides is 1. The lowest BCUT2D eigenvalue weighted by Gasteiger charge is -2.20. The average molecular weight is 294 g/mol. The molecule has 1 atom stereocenters. The van der Waals surface area contributed by atoms with Crippen molar-refractivity contribution in [3.8, 4) is 11.5 Å². The monoisotopic (exact) mass is 294 g/mol. The van der Waals surface area contributed by atoms with Gasteiger partial charge in [-0.2, -0.15) is 0 Å². The van der Waals surface area contributed by atoms with Gasteiger partial charge in [-0.05, 0) is 24.6 Å². The van der Waals surface area contributed by atoms with Crippen LogP contribution in [0.15, 0.2) is 18.2 Å². The smallest absolute Gasteiger partial charge is 0.325 e. The van der Waals surface area contributed by atoms with Crippen molar-refractivity contribution in [3.05, 3.63) is 23.8 Å². The van der Waals surface area contributed by atoms with Crippen molar-refractivity contribution in [2.24, 2.45) is 5.73 Å². The number of nitrogens with zero attached hydrogens (tertiary/aromatic N) is 1. The Kier molecular flexibility index (Phi) is 4.04. The first-order chi connectivity index (χ1) is 9.91. The van der Waals surface area contributed by atoms with Gasteiger partial charge in [0.05, 0.1) is 14.2 Å². The van der Waals surface area contributed by atoms with Crippen molar-refractivity contribution in [2.45, 2.75) is 12.0 Å². The first-order valence-corrected chi connectivity index (χ1v) is 6.45. The topological polar surface area (TPSA) is 102 Å². The van der Waals surface area contributed by atoms with Gasteiger partial charge in [-0.1, -0.05) is 0 Å². The standard InChI is InChI=1S/C14H18N2O5/c1-20-10-4-3-9(7-11(10)21-2)12(17)16-6-5-14(15,8-16)13(18)19/h3-4,7H,5-6,8,15H2,1-2H3,(H,18,19). The number of carbonyl (C=O) groups excluding carboxylic acids is 1. The van der Waals surface area contributed by atoms with Gasteiger partial charge in [0.2, 0.25) is 0 Å². The number of methoxy groups -OCH3 is 2. The van der Waals surface area contributed by atoms with Crippen LogP contribution in [0.5, 0.6) is 11.5 Å². The van der Waals surface area contributed by atoms with Gasteiger partial charge in [-0.15, -0.1) is 0 Å². The maximum atomic E-state index is 12.4. The number of carbonyl (C=O) groups is 2. The molecule has 1 aliphatic heterocycles. The molecule has 0 aliphatic carbocycles. The number of benzene rings is 1. The molecule has 0 radical (unpaired) electrons. The highest BCUT2D eigenvalue weighted by molar-refractivity contribution is 5.96. The summed E-state index contributed by atoms with van der Waals surface area (Å²) in [6.07, 6.45) is 0.237. The van der Waals surface area contributed by atoms with Crippen molar-refractivity contribution >= 4 is 11.9 Å². The van der Waals surface area contributed by atoms with Gasteiger partial charge in [-0.3, -0.25) is 9.59 Å². The molecule has 1 unspecified atom stereocenters. The first kappa shape index (κ1) is 15.1. The third kappa shape index (κ3) is 2.78. The van der Waals surface area contributed by atoms with Gasteiger partial charge in [0.1, 0.15) is 5.54 Å². The Morgan fingerprint density at radius 1 is 1.29 bits per heavy atom. The Morgan fingerprint density at radius 2 is 1.95 bits per heavy atom. The van der Waals surface area contributed by atoms with Crippen LogP contribution in [0.4, 0.5) is 0 Å². The summed E-state index contributed by atoms with van der Waals surface area (Å²) in [7, 11) is 2.99. The van der Waals surface area contributed by atoms with Crippen LogP contribution in [-0.2, 0) is 4.79 Å². The molecule has 7 nitrogen and oxygen atoms in total. The van der Waals surface area contributed by atoms with Crippen LogP contribution in [0.2, 0.25) is 0 Å². The molecule has 1 fully saturated rings. The normalized spacial score (nSPS) is 21.2. The Morgan fingerprint density at radius 3 is 2.48 bits per heavy atom. The van der Waals surface area contributed by atoms with E-state index in [-0.39, 0.29) is 18.9 Å². The summed E-state index contributed by atoms with van der Waals surface area (Å²) >= 11 is 0. The van der Waals surface area contributed by atoms with Crippen molar-refractivity contribution in [1.82, 2.24) is 4.90 Å². The van der Waals surface area contributed by atoms with Crippen LogP contribution in [0.1, 0.15) is 16.8 Å². The molecular formula is C14H18N2O5. The molecule has 1 aromatic rings. The largest absolute Gasteiger partial charge is 0.493 e. The van der Waals surface area contributed by atoms with Crippen LogP contribution < -0.4 is 15.2 Å². The summed E-state index contributed by atoms with van der Waals surface area (Å²) < 4.78 is 10.3. The minimum absolute atomic E-state index is 0.00445. The minimum atomic E-state index is -1.37. The molecule has 3 N–H and O–H groups in total. The second-order valence-electron chi connectivity index (χ2n) is 5.01. The highest BCUT2D eigenvalue weighted by Crippen LogP contribution is 2.29. The lowest BCUT2D eigenvalue weighted by atomic mass is 10.0. The molecule has 114 valence electrons. The van der Waals surface area contributed by atoms with Gasteiger partial charge in [0, 0.05) is 18.7 Å². The number of hydrogen-bond acceptors (Lipinski definition) is 5. The van der Waals surface area contributed by atoms with Crippen LogP contribution in [-0.4, -0.2) is 54.7 Å². The van der Waals surface area contributed by atoms with E-state index < -0.39 is 11.5 Å². The summed E-state index contributed by atoms with van der Waals surface area (Å²) in [6.45, 7) is 0.311. The SMILES string of the molecule is COc1ccc(C(=O)N2CCC(N)(C(=O)O)C2)cc1OC. The molecular weight excluding hydrogens is 276 g/mol. The Balaban J connectivity index is 2.20. The third-order valence-electron chi connectivity index (χ3n) is 3.64. The second kappa shape index (κ2) is 5.61. The molecule has 1 saturated heterocycles. The van der Waals surface area contributed by atoms with Crippen molar-refractivity contribution < 1.29 is 24.2 Å². The quantitative estimate of drug-likeness (QED) is 0.829. The number of aliphatic carboxylic acids is 1. The number of carboxylic acid groups (broad SMARTS) is 1. The van der Waals surface area contributed by atoms with E-state index in [1.807, 2.05) is 0 Å². The van der Waals surface area contributed by atoms with E-state index in [4.69, 9.17) is 20.3 Å². The van der Waals surface area contributed by atoms with Crippen LogP contribution in [0, 0.1) is 0 Å². The van der Waals surface area contributed by atoms with Gasteiger partial charge in [-0.25, -0.2) is 0 Å². The fraction of sp³-hybridized carbons (Fsp3) is 0.429. The fourth-order valence-electron chi connectivity index (χ4n) is 2.33. The molecule has 1 aromatic carbocycles. The zero-order valence-corrected chi connectivity index (χ0v) is 12.0. The minimum Gasteiger partial charge on any atom is -0.493 e. The predicted octanol–water partition coefficient (Wildman–Crippen LogP) is 0.332. The summed E-state index contributed by atoms with van der Waals surface area (Å²) in [5, 5.41) is 9.09. The van der Waals surface area contributed by atoms with E-state index in [1.165, 1.54) is 19.1 Å². The molecule has 0 bridgehead atoms. The molecule has 1 aliphatic rings. The van der Waals surface area contributed by atoms with Crippen LogP contribution in [0.3, 0.4) is 0 Å². The molecule has 7 heteroatoms. The van der Waals surface area contributed by atoms with Gasteiger partial charge >= 0.3 is 5.97 Å². The number of nitrogens with two attached hydrogens (primary N) is 1. The average Bonchev–Trinajstić information content (AvgIpc) is 2.89. The lowest BCUT2D eigenvalue weighted by Crippen LogP contribution is -2.50. The Bertz CT molecular complexity index is 574. The van der Waals surface area contributed by atoms with Crippen molar-refractivity contribution in [2.75, 3.05) is 27.3 Å². The maximum Gasteiger partial charge on any atom is 0.325 e. The summed E-state index contributed by atoms with van der Waals surface area (Å²) in [5.41, 5.74) is 4.81. The van der Waals surface area contributed by atoms with E-state index in [2.05, 4.69) is 0 Å². The van der Waals surface area contributed by atoms with E-state index in [9.17, 15) is 9.59 Å². The van der Waals surface area contributed by atoms with Crippen molar-refractivity contribution in [3.63, 3.8) is 0 Å². The van der Waals surface area contributed by atoms with E-state index >= 15 is 0 Å². The van der Waals surface area contributed by atoms with E-state index in [0.717, 1.165) is 0 Å². The highest BCUT2D eigenvalue weighted by atomic mass is 16.5. The Labute approximate surface area is 122 Å². The number of rotatable bonds is 4. The van der Waals surface area contributed by atoms with Crippen molar-refractivity contribution in [1.29, 1.82) is 0 Å². The summed E-state index contributed by atoms with van der Waals surface area (Å²) in [5.74, 6) is -0.399. The maximum absolute atomic E-state index is 12.4. The molecule has 21 heavy (non-hydrogen) atoms. The zero-order valence-electron chi connectivity index (χ0n) is 12.0. The zero-order chi connectivity index (χ0) is 15.6. The number of hydrogen-bond donors (Lipinski definition) is 2. The van der Waals surface area contributed by atoms with E-state index in [1.54, 1.807) is 18.2 Å². The highest BCUT2D eigenvalue weighted by Gasteiger charge is 2.43. The summed E-state index contributed by atoms with van der Waals surface area (Å²) in [4.78, 5) is 25.0. The lowest BCUT2D eigenvalue weighted by molar-refractivity contribution is -0.142. The van der Waals surface area contributed by atoms with Gasteiger partial charge < -0.3 is 25.2 Å². The van der Waals surface area contributed by atoms with Gasteiger partial charge in [0.25, 0.3) is 5.91 Å². The fourth-order valence-corrected chi connectivity index (χ4v) is 2.33. The number of carboxylic acids is 1. The molecule has 1 heterocycles. The number of likely N-dealkylation sites (tertiary alicyclic amines) is 1. The molecule has 2 rings (SSSR count). The molecule has 0 spiro atoms. The van der Waals surface area contributed by atoms with E-state index in [0.29, 0.717) is 23.6 Å². The second-order valence-corrected chi connectivity index (χ2v) is 5.01.